The van der Waals surface area contributed by atoms with Gasteiger partial charge in [0.15, 0.2) is 0 Å². The number of hydrogen-bond donors (Lipinski definition) is 1. The predicted octanol–water partition coefficient (Wildman–Crippen LogP) is 4.45. The van der Waals surface area contributed by atoms with E-state index in [9.17, 15) is 4.79 Å². The largest absolute Gasteiger partial charge is 0.372 e. The second-order valence-corrected chi connectivity index (χ2v) is 6.02. The van der Waals surface area contributed by atoms with Gasteiger partial charge in [0.2, 0.25) is 0 Å². The minimum Gasteiger partial charge on any atom is -0.372 e. The Labute approximate surface area is 154 Å². The molecule has 0 saturated heterocycles. The number of nitrogens with zero attached hydrogens (tertiary/aromatic N) is 2. The Balaban J connectivity index is 1.64. The Kier molecular flexibility index (Phi) is 5.64. The molecule has 4 nitrogen and oxygen atoms in total. The molecule has 0 aliphatic carbocycles. The standard InChI is InChI=1S/C22H23N3O/c1-3-25(4-2)21-13-9-17(10-14-21)16-23-24-22(26)20-12-11-18-7-5-6-8-19(18)15-20/h5-16H,3-4H2,1-2H3,(H,24,26)/b23-16+. The molecule has 0 fully saturated rings. The van der Waals surface area contributed by atoms with Gasteiger partial charge in [-0.3, -0.25) is 4.79 Å². The van der Waals surface area contributed by atoms with E-state index >= 15 is 0 Å². The van der Waals surface area contributed by atoms with Crippen LogP contribution < -0.4 is 10.3 Å². The van der Waals surface area contributed by atoms with E-state index in [0.29, 0.717) is 5.56 Å². The predicted molar refractivity (Wildman–Crippen MR) is 109 cm³/mol. The first-order valence-electron chi connectivity index (χ1n) is 8.88. The number of nitrogens with one attached hydrogen (secondary N) is 1. The van der Waals surface area contributed by atoms with Gasteiger partial charge in [0.1, 0.15) is 0 Å². The van der Waals surface area contributed by atoms with Crippen LogP contribution >= 0.6 is 0 Å². The van der Waals surface area contributed by atoms with Crippen LogP contribution in [0.25, 0.3) is 10.8 Å². The van der Waals surface area contributed by atoms with Crippen molar-refractivity contribution in [3.63, 3.8) is 0 Å². The third-order valence-corrected chi connectivity index (χ3v) is 4.41. The lowest BCUT2D eigenvalue weighted by molar-refractivity contribution is 0.0955. The zero-order valence-electron chi connectivity index (χ0n) is 15.1. The summed E-state index contributed by atoms with van der Waals surface area (Å²) in [6, 6.07) is 21.7. The average molecular weight is 345 g/mol. The van der Waals surface area contributed by atoms with E-state index in [4.69, 9.17) is 0 Å². The molecule has 1 amide bonds. The van der Waals surface area contributed by atoms with E-state index in [1.165, 1.54) is 5.69 Å². The maximum absolute atomic E-state index is 12.3. The number of fused-ring (bicyclic) bond motifs is 1. The van der Waals surface area contributed by atoms with Crippen LogP contribution in [0.1, 0.15) is 29.8 Å². The molecule has 0 atom stereocenters. The molecule has 0 heterocycles. The van der Waals surface area contributed by atoms with Crippen molar-refractivity contribution in [3.05, 3.63) is 77.9 Å². The summed E-state index contributed by atoms with van der Waals surface area (Å²) < 4.78 is 0. The monoisotopic (exact) mass is 345 g/mol. The zero-order valence-corrected chi connectivity index (χ0v) is 15.1. The number of carbonyl (C=O) groups excluding carboxylic acids is 1. The first-order chi connectivity index (χ1) is 12.7. The molecule has 0 unspecified atom stereocenters. The Hall–Kier alpha value is -3.14. The van der Waals surface area contributed by atoms with Gasteiger partial charge in [0, 0.05) is 24.3 Å². The van der Waals surface area contributed by atoms with Gasteiger partial charge in [0.25, 0.3) is 5.91 Å². The Bertz CT molecular complexity index is 912. The van der Waals surface area contributed by atoms with Gasteiger partial charge in [-0.05, 0) is 54.4 Å². The summed E-state index contributed by atoms with van der Waals surface area (Å²) >= 11 is 0. The summed E-state index contributed by atoms with van der Waals surface area (Å²) in [7, 11) is 0. The van der Waals surface area contributed by atoms with E-state index in [2.05, 4.69) is 41.4 Å². The van der Waals surface area contributed by atoms with Crippen LogP contribution in [0.3, 0.4) is 0 Å². The van der Waals surface area contributed by atoms with Crippen molar-refractivity contribution in [2.75, 3.05) is 18.0 Å². The van der Waals surface area contributed by atoms with Crippen molar-refractivity contribution >= 4 is 28.6 Å². The van der Waals surface area contributed by atoms with Crippen LogP contribution in [0.5, 0.6) is 0 Å². The smallest absolute Gasteiger partial charge is 0.271 e. The summed E-state index contributed by atoms with van der Waals surface area (Å²) in [5, 5.41) is 6.22. The number of hydrazone groups is 1. The van der Waals surface area contributed by atoms with Crippen LogP contribution in [0, 0.1) is 0 Å². The molecule has 132 valence electrons. The first kappa shape index (κ1) is 17.7. The number of hydrogen-bond acceptors (Lipinski definition) is 3. The van der Waals surface area contributed by atoms with Crippen molar-refractivity contribution in [2.24, 2.45) is 5.10 Å². The summed E-state index contributed by atoms with van der Waals surface area (Å²) in [4.78, 5) is 14.5. The highest BCUT2D eigenvalue weighted by molar-refractivity contribution is 5.99. The second-order valence-electron chi connectivity index (χ2n) is 6.02. The summed E-state index contributed by atoms with van der Waals surface area (Å²) in [5.41, 5.74) is 5.32. The van der Waals surface area contributed by atoms with Gasteiger partial charge >= 0.3 is 0 Å². The normalized spacial score (nSPS) is 11.0. The van der Waals surface area contributed by atoms with E-state index in [0.717, 1.165) is 29.4 Å². The highest BCUT2D eigenvalue weighted by atomic mass is 16.2. The maximum Gasteiger partial charge on any atom is 0.271 e. The number of anilines is 1. The molecule has 0 aliphatic heterocycles. The molecular weight excluding hydrogens is 322 g/mol. The number of benzene rings is 3. The van der Waals surface area contributed by atoms with E-state index in [1.807, 2.05) is 54.6 Å². The van der Waals surface area contributed by atoms with Gasteiger partial charge in [0.05, 0.1) is 6.21 Å². The van der Waals surface area contributed by atoms with Gasteiger partial charge in [-0.1, -0.05) is 42.5 Å². The van der Waals surface area contributed by atoms with Crippen LogP contribution in [0.15, 0.2) is 71.8 Å². The molecule has 0 aromatic heterocycles. The SMILES string of the molecule is CCN(CC)c1ccc(/C=N/NC(=O)c2ccc3ccccc3c2)cc1. The Morgan fingerprint density at radius 3 is 2.35 bits per heavy atom. The average Bonchev–Trinajstić information content (AvgIpc) is 2.69. The van der Waals surface area contributed by atoms with Crippen LogP contribution in [-0.2, 0) is 0 Å². The fourth-order valence-electron chi connectivity index (χ4n) is 2.92. The lowest BCUT2D eigenvalue weighted by Crippen LogP contribution is -2.21. The minimum atomic E-state index is -0.216. The molecule has 0 radical (unpaired) electrons. The second kappa shape index (κ2) is 8.30. The number of amides is 1. The molecule has 26 heavy (non-hydrogen) atoms. The van der Waals surface area contributed by atoms with Gasteiger partial charge in [-0.15, -0.1) is 0 Å². The molecule has 0 aliphatic rings. The Morgan fingerprint density at radius 1 is 0.962 bits per heavy atom. The molecule has 3 aromatic carbocycles. The maximum atomic E-state index is 12.3. The topological polar surface area (TPSA) is 44.7 Å². The van der Waals surface area contributed by atoms with E-state index in [1.54, 1.807) is 6.21 Å². The van der Waals surface area contributed by atoms with Gasteiger partial charge in [-0.2, -0.15) is 5.10 Å². The lowest BCUT2D eigenvalue weighted by atomic mass is 10.1. The number of carbonyl (C=O) groups is 1. The molecule has 1 N–H and O–H groups in total. The van der Waals surface area contributed by atoms with Crippen molar-refractivity contribution in [1.29, 1.82) is 0 Å². The lowest BCUT2D eigenvalue weighted by Gasteiger charge is -2.20. The highest BCUT2D eigenvalue weighted by Crippen LogP contribution is 2.16. The molecule has 0 bridgehead atoms. The van der Waals surface area contributed by atoms with E-state index < -0.39 is 0 Å². The van der Waals surface area contributed by atoms with Crippen molar-refractivity contribution in [2.45, 2.75) is 13.8 Å². The number of rotatable bonds is 6. The molecule has 0 spiro atoms. The van der Waals surface area contributed by atoms with Crippen molar-refractivity contribution in [1.82, 2.24) is 5.43 Å². The van der Waals surface area contributed by atoms with Gasteiger partial charge < -0.3 is 4.90 Å². The quantitative estimate of drug-likeness (QED) is 0.530. The van der Waals surface area contributed by atoms with Crippen molar-refractivity contribution < 1.29 is 4.79 Å². The van der Waals surface area contributed by atoms with E-state index in [-0.39, 0.29) is 5.91 Å². The molecule has 4 heteroatoms. The first-order valence-corrected chi connectivity index (χ1v) is 8.88. The molecule has 3 rings (SSSR count). The third-order valence-electron chi connectivity index (χ3n) is 4.41. The van der Waals surface area contributed by atoms with Crippen molar-refractivity contribution in [3.8, 4) is 0 Å². The van der Waals surface area contributed by atoms with Gasteiger partial charge in [-0.25, -0.2) is 5.43 Å². The highest BCUT2D eigenvalue weighted by Gasteiger charge is 2.05. The minimum absolute atomic E-state index is 0.216. The summed E-state index contributed by atoms with van der Waals surface area (Å²) in [6.07, 6.45) is 1.66. The van der Waals surface area contributed by atoms with Crippen LogP contribution in [0.4, 0.5) is 5.69 Å². The molecular formula is C22H23N3O. The fraction of sp³-hybridized carbons (Fsp3) is 0.182. The summed E-state index contributed by atoms with van der Waals surface area (Å²) in [5.74, 6) is -0.216. The van der Waals surface area contributed by atoms with Crippen LogP contribution in [-0.4, -0.2) is 25.2 Å². The third kappa shape index (κ3) is 4.09. The Morgan fingerprint density at radius 2 is 1.65 bits per heavy atom. The molecule has 0 saturated carbocycles. The summed E-state index contributed by atoms with van der Waals surface area (Å²) in [6.45, 7) is 6.24. The zero-order chi connectivity index (χ0) is 18.4. The van der Waals surface area contributed by atoms with Crippen LogP contribution in [0.2, 0.25) is 0 Å². The molecule has 3 aromatic rings. The fourth-order valence-corrected chi connectivity index (χ4v) is 2.92.